The topological polar surface area (TPSA) is 46.9 Å². The molecule has 92 valence electrons. The van der Waals surface area contributed by atoms with Gasteiger partial charge in [-0.05, 0) is 43.4 Å². The van der Waals surface area contributed by atoms with Crippen LogP contribution in [0.4, 0.5) is 5.82 Å². The second-order valence-electron chi connectivity index (χ2n) is 5.41. The first kappa shape index (κ1) is 10.8. The van der Waals surface area contributed by atoms with Crippen molar-refractivity contribution in [3.8, 4) is 0 Å². The summed E-state index contributed by atoms with van der Waals surface area (Å²) < 4.78 is 1.57. The Morgan fingerprint density at radius 1 is 1.41 bits per heavy atom. The van der Waals surface area contributed by atoms with Gasteiger partial charge >= 0.3 is 0 Å². The van der Waals surface area contributed by atoms with Crippen LogP contribution >= 0.6 is 0 Å². The maximum atomic E-state index is 11.8. The maximum absolute atomic E-state index is 11.8. The van der Waals surface area contributed by atoms with Crippen molar-refractivity contribution in [3.05, 3.63) is 22.7 Å². The molecule has 1 aromatic rings. The van der Waals surface area contributed by atoms with E-state index in [1.54, 1.807) is 24.0 Å². The molecule has 0 unspecified atom stereocenters. The molecule has 0 aliphatic heterocycles. The highest BCUT2D eigenvalue weighted by atomic mass is 16.1. The normalized spacial score (nSPS) is 19.6. The number of nitrogens with one attached hydrogen (secondary N) is 1. The number of aromatic nitrogens is 2. The molecule has 0 atom stereocenters. The molecule has 17 heavy (non-hydrogen) atoms. The van der Waals surface area contributed by atoms with Crippen LogP contribution in [0.25, 0.3) is 0 Å². The number of rotatable bonds is 5. The molecule has 4 heteroatoms. The largest absolute Gasteiger partial charge is 0.365 e. The third-order valence-electron chi connectivity index (χ3n) is 3.98. The van der Waals surface area contributed by atoms with Gasteiger partial charge in [0.2, 0.25) is 0 Å². The maximum Gasteiger partial charge on any atom is 0.293 e. The fourth-order valence-corrected chi connectivity index (χ4v) is 2.60. The summed E-state index contributed by atoms with van der Waals surface area (Å²) in [6, 6.07) is 0. The van der Waals surface area contributed by atoms with E-state index in [2.05, 4.69) is 10.3 Å². The van der Waals surface area contributed by atoms with E-state index in [0.717, 1.165) is 24.3 Å². The molecule has 2 aliphatic carbocycles. The third kappa shape index (κ3) is 2.35. The van der Waals surface area contributed by atoms with Crippen molar-refractivity contribution in [2.45, 2.75) is 25.7 Å². The number of nitrogens with zero attached hydrogens (tertiary/aromatic N) is 2. The molecule has 2 aliphatic rings. The van der Waals surface area contributed by atoms with Crippen LogP contribution in [0.3, 0.4) is 0 Å². The minimum Gasteiger partial charge on any atom is -0.365 e. The number of hydrogen-bond donors (Lipinski definition) is 1. The van der Waals surface area contributed by atoms with E-state index in [1.807, 2.05) is 0 Å². The fraction of sp³-hybridized carbons (Fsp3) is 0.692. The summed E-state index contributed by atoms with van der Waals surface area (Å²) in [5.41, 5.74) is -0.0298. The van der Waals surface area contributed by atoms with Crippen LogP contribution in [0, 0.1) is 17.8 Å². The predicted molar refractivity (Wildman–Crippen MR) is 66.9 cm³/mol. The monoisotopic (exact) mass is 233 g/mol. The van der Waals surface area contributed by atoms with Crippen molar-refractivity contribution < 1.29 is 0 Å². The highest BCUT2D eigenvalue weighted by Gasteiger charge is 2.41. The molecule has 0 radical (unpaired) electrons. The van der Waals surface area contributed by atoms with E-state index in [1.165, 1.54) is 25.7 Å². The summed E-state index contributed by atoms with van der Waals surface area (Å²) in [4.78, 5) is 15.9. The second kappa shape index (κ2) is 4.17. The van der Waals surface area contributed by atoms with Gasteiger partial charge in [-0.2, -0.15) is 0 Å². The van der Waals surface area contributed by atoms with Gasteiger partial charge in [0.1, 0.15) is 0 Å². The highest BCUT2D eigenvalue weighted by molar-refractivity contribution is 5.30. The van der Waals surface area contributed by atoms with Crippen molar-refractivity contribution in [3.63, 3.8) is 0 Å². The predicted octanol–water partition coefficient (Wildman–Crippen LogP) is 1.63. The Kier molecular flexibility index (Phi) is 2.65. The highest BCUT2D eigenvalue weighted by Crippen LogP contribution is 2.49. The van der Waals surface area contributed by atoms with Crippen LogP contribution in [0.5, 0.6) is 0 Å². The molecule has 0 bridgehead atoms. The average molecular weight is 233 g/mol. The number of anilines is 1. The molecule has 3 rings (SSSR count). The first-order chi connectivity index (χ1) is 8.25. The Bertz CT molecular complexity index is 448. The standard InChI is InChI=1S/C13H19N3O/c1-16-7-6-14-12(13(16)17)15-8-11(9-2-3-9)10-4-5-10/h6-7,9-11H,2-5,8H2,1H3,(H,14,15). The molecule has 2 fully saturated rings. The average Bonchev–Trinajstić information content (AvgIpc) is 3.14. The van der Waals surface area contributed by atoms with Crippen molar-refractivity contribution in [1.29, 1.82) is 0 Å². The quantitative estimate of drug-likeness (QED) is 0.840. The third-order valence-corrected chi connectivity index (χ3v) is 3.98. The van der Waals surface area contributed by atoms with Gasteiger partial charge in [0.25, 0.3) is 5.56 Å². The van der Waals surface area contributed by atoms with Crippen LogP contribution in [0.1, 0.15) is 25.7 Å². The molecule has 0 aromatic carbocycles. The zero-order chi connectivity index (χ0) is 11.8. The molecule has 2 saturated carbocycles. The number of aryl methyl sites for hydroxylation is 1. The SMILES string of the molecule is Cn1ccnc(NCC(C2CC2)C2CC2)c1=O. The van der Waals surface area contributed by atoms with Crippen molar-refractivity contribution >= 4 is 5.82 Å². The van der Waals surface area contributed by atoms with Crippen LogP contribution in [-0.2, 0) is 7.05 Å². The second-order valence-corrected chi connectivity index (χ2v) is 5.41. The zero-order valence-corrected chi connectivity index (χ0v) is 10.2. The van der Waals surface area contributed by atoms with E-state index < -0.39 is 0 Å². The molecule has 0 amide bonds. The Hall–Kier alpha value is -1.32. The van der Waals surface area contributed by atoms with E-state index in [-0.39, 0.29) is 5.56 Å². The van der Waals surface area contributed by atoms with Crippen molar-refractivity contribution in [2.24, 2.45) is 24.8 Å². The lowest BCUT2D eigenvalue weighted by Crippen LogP contribution is -2.26. The molecular formula is C13H19N3O. The van der Waals surface area contributed by atoms with Crippen molar-refractivity contribution in [1.82, 2.24) is 9.55 Å². The van der Waals surface area contributed by atoms with Crippen LogP contribution in [-0.4, -0.2) is 16.1 Å². The van der Waals surface area contributed by atoms with E-state index >= 15 is 0 Å². The summed E-state index contributed by atoms with van der Waals surface area (Å²) in [5.74, 6) is 3.08. The van der Waals surface area contributed by atoms with Gasteiger partial charge in [0, 0.05) is 26.0 Å². The minimum atomic E-state index is -0.0298. The molecule has 0 spiro atoms. The Balaban J connectivity index is 1.66. The first-order valence-electron chi connectivity index (χ1n) is 6.51. The molecule has 0 saturated heterocycles. The summed E-state index contributed by atoms with van der Waals surface area (Å²) in [7, 11) is 1.76. The lowest BCUT2D eigenvalue weighted by atomic mass is 9.98. The zero-order valence-electron chi connectivity index (χ0n) is 10.2. The summed E-state index contributed by atoms with van der Waals surface area (Å²) in [6.07, 6.45) is 8.87. The van der Waals surface area contributed by atoms with Gasteiger partial charge in [-0.25, -0.2) is 4.98 Å². The molecule has 1 N–H and O–H groups in total. The van der Waals surface area contributed by atoms with Gasteiger partial charge in [-0.1, -0.05) is 0 Å². The molecule has 1 aromatic heterocycles. The molecular weight excluding hydrogens is 214 g/mol. The Morgan fingerprint density at radius 3 is 2.65 bits per heavy atom. The van der Waals surface area contributed by atoms with Gasteiger partial charge in [-0.3, -0.25) is 4.79 Å². The summed E-state index contributed by atoms with van der Waals surface area (Å²) >= 11 is 0. The summed E-state index contributed by atoms with van der Waals surface area (Å²) in [5, 5.41) is 3.25. The summed E-state index contributed by atoms with van der Waals surface area (Å²) in [6.45, 7) is 0.918. The minimum absolute atomic E-state index is 0.0298. The molecule has 1 heterocycles. The fourth-order valence-electron chi connectivity index (χ4n) is 2.60. The van der Waals surface area contributed by atoms with Gasteiger partial charge < -0.3 is 9.88 Å². The Morgan fingerprint density at radius 2 is 2.06 bits per heavy atom. The van der Waals surface area contributed by atoms with Gasteiger partial charge in [0.15, 0.2) is 5.82 Å². The van der Waals surface area contributed by atoms with E-state index in [9.17, 15) is 4.79 Å². The Labute approximate surface area is 101 Å². The van der Waals surface area contributed by atoms with Gasteiger partial charge in [-0.15, -0.1) is 0 Å². The van der Waals surface area contributed by atoms with E-state index in [4.69, 9.17) is 0 Å². The van der Waals surface area contributed by atoms with E-state index in [0.29, 0.717) is 5.82 Å². The van der Waals surface area contributed by atoms with Gasteiger partial charge in [0.05, 0.1) is 0 Å². The lowest BCUT2D eigenvalue weighted by Gasteiger charge is -2.16. The molecule has 4 nitrogen and oxygen atoms in total. The first-order valence-corrected chi connectivity index (χ1v) is 6.51. The number of hydrogen-bond acceptors (Lipinski definition) is 3. The van der Waals surface area contributed by atoms with Crippen LogP contribution < -0.4 is 10.9 Å². The smallest absolute Gasteiger partial charge is 0.293 e. The van der Waals surface area contributed by atoms with Crippen LogP contribution in [0.15, 0.2) is 17.2 Å². The van der Waals surface area contributed by atoms with Crippen molar-refractivity contribution in [2.75, 3.05) is 11.9 Å². The van der Waals surface area contributed by atoms with Crippen LogP contribution in [0.2, 0.25) is 0 Å². The lowest BCUT2D eigenvalue weighted by molar-refractivity contribution is 0.427.